The fourth-order valence-electron chi connectivity index (χ4n) is 4.46. The van der Waals surface area contributed by atoms with E-state index in [2.05, 4.69) is 10.6 Å². The summed E-state index contributed by atoms with van der Waals surface area (Å²) in [6.45, 7) is 8.79. The highest BCUT2D eigenvalue weighted by Crippen LogP contribution is 2.42. The number of nitrogens with one attached hydrogen (secondary N) is 2. The Hall–Kier alpha value is -3.79. The molecule has 3 rings (SSSR count). The molecule has 40 heavy (non-hydrogen) atoms. The maximum atomic E-state index is 14.2. The minimum absolute atomic E-state index is 0.0666. The summed E-state index contributed by atoms with van der Waals surface area (Å²) < 4.78 is 5.35. The normalized spacial score (nSPS) is 17.8. The lowest BCUT2D eigenvalue weighted by Gasteiger charge is -2.35. The van der Waals surface area contributed by atoms with Gasteiger partial charge in [-0.3, -0.25) is 14.4 Å². The summed E-state index contributed by atoms with van der Waals surface area (Å²) >= 11 is 6.38. The number of halogens is 1. The number of aryl methyl sites for hydroxylation is 1. The maximum absolute atomic E-state index is 14.2. The summed E-state index contributed by atoms with van der Waals surface area (Å²) in [7, 11) is 0. The van der Waals surface area contributed by atoms with Crippen LogP contribution < -0.4 is 16.4 Å². The molecule has 0 spiro atoms. The highest BCUT2D eigenvalue weighted by molar-refractivity contribution is 6.34. The van der Waals surface area contributed by atoms with Crippen LogP contribution in [0.25, 0.3) is 0 Å². The molecule has 0 aromatic heterocycles. The van der Waals surface area contributed by atoms with Gasteiger partial charge in [-0.1, -0.05) is 42.8 Å². The van der Waals surface area contributed by atoms with Crippen LogP contribution in [0.4, 0.5) is 10.5 Å². The summed E-state index contributed by atoms with van der Waals surface area (Å²) in [5.74, 6) is -1.80. The lowest BCUT2D eigenvalue weighted by atomic mass is 10.0. The van der Waals surface area contributed by atoms with E-state index in [0.29, 0.717) is 22.7 Å². The van der Waals surface area contributed by atoms with Crippen molar-refractivity contribution in [2.24, 2.45) is 11.7 Å². The predicted molar refractivity (Wildman–Crippen MR) is 152 cm³/mol. The standard InChI is InChI=1S/C29H37ClN4O6/c1-16-8-6-11-20(30)24(16)33-26(37)25(18-9-7-10-19(35)15-18)34(22-14-17(22)2)27(38)21(12-13-23(31)36)32-28(39)40-29(3,4)5/h6-11,15,17,21-22,25,35H,12-14H2,1-5H3,(H2,31,36)(H,32,39)(H,33,37). The third-order valence-corrected chi connectivity index (χ3v) is 6.84. The summed E-state index contributed by atoms with van der Waals surface area (Å²) in [6.07, 6.45) is -0.497. The molecule has 0 bridgehead atoms. The van der Waals surface area contributed by atoms with E-state index in [0.717, 1.165) is 5.56 Å². The second-order valence-corrected chi connectivity index (χ2v) is 11.6. The molecular formula is C29H37ClN4O6. The van der Waals surface area contributed by atoms with Gasteiger partial charge in [-0.25, -0.2) is 4.79 Å². The number of primary amides is 1. The van der Waals surface area contributed by atoms with Crippen LogP contribution >= 0.6 is 11.6 Å². The monoisotopic (exact) mass is 572 g/mol. The smallest absolute Gasteiger partial charge is 0.408 e. The van der Waals surface area contributed by atoms with Crippen LogP contribution in [-0.4, -0.2) is 51.5 Å². The molecule has 1 saturated carbocycles. The zero-order valence-corrected chi connectivity index (χ0v) is 24.1. The SMILES string of the molecule is Cc1cccc(Cl)c1NC(=O)C(c1cccc(O)c1)N(C(=O)C(CCC(N)=O)NC(=O)OC(C)(C)C)C1CC1C. The van der Waals surface area contributed by atoms with Gasteiger partial charge in [-0.05, 0) is 75.8 Å². The van der Waals surface area contributed by atoms with E-state index in [1.54, 1.807) is 58.0 Å². The fourth-order valence-corrected chi connectivity index (χ4v) is 4.73. The van der Waals surface area contributed by atoms with E-state index in [9.17, 15) is 24.3 Å². The van der Waals surface area contributed by atoms with Crippen LogP contribution in [0.1, 0.15) is 64.1 Å². The molecular weight excluding hydrogens is 536 g/mol. The largest absolute Gasteiger partial charge is 0.508 e. The van der Waals surface area contributed by atoms with Crippen LogP contribution in [0.3, 0.4) is 0 Å². The van der Waals surface area contributed by atoms with E-state index >= 15 is 0 Å². The molecule has 0 radical (unpaired) electrons. The number of phenols is 1. The molecule has 1 fully saturated rings. The quantitative estimate of drug-likeness (QED) is 0.330. The van der Waals surface area contributed by atoms with Gasteiger partial charge in [0, 0.05) is 12.5 Å². The van der Waals surface area contributed by atoms with Crippen LogP contribution in [0.15, 0.2) is 42.5 Å². The summed E-state index contributed by atoms with van der Waals surface area (Å²) in [5.41, 5.74) is 6.01. The Bertz CT molecular complexity index is 1260. The van der Waals surface area contributed by atoms with Crippen molar-refractivity contribution < 1.29 is 29.0 Å². The molecule has 2 aromatic carbocycles. The van der Waals surface area contributed by atoms with Crippen LogP contribution in [0, 0.1) is 12.8 Å². The molecule has 4 amide bonds. The Morgan fingerprint density at radius 1 is 1.18 bits per heavy atom. The van der Waals surface area contributed by atoms with Crippen LogP contribution in [0.5, 0.6) is 5.75 Å². The van der Waals surface area contributed by atoms with Gasteiger partial charge in [-0.2, -0.15) is 0 Å². The van der Waals surface area contributed by atoms with Crippen molar-refractivity contribution in [1.29, 1.82) is 0 Å². The first-order valence-electron chi connectivity index (χ1n) is 13.1. The second kappa shape index (κ2) is 12.6. The molecule has 0 saturated heterocycles. The Labute approximate surface area is 239 Å². The predicted octanol–water partition coefficient (Wildman–Crippen LogP) is 4.43. The lowest BCUT2D eigenvalue weighted by molar-refractivity contribution is -0.142. The number of para-hydroxylation sites is 1. The fraction of sp³-hybridized carbons (Fsp3) is 0.448. The zero-order valence-electron chi connectivity index (χ0n) is 23.4. The van der Waals surface area contributed by atoms with Gasteiger partial charge in [0.05, 0.1) is 10.7 Å². The minimum Gasteiger partial charge on any atom is -0.508 e. The number of nitrogens with zero attached hydrogens (tertiary/aromatic N) is 1. The highest BCUT2D eigenvalue weighted by atomic mass is 35.5. The minimum atomic E-state index is -1.20. The second-order valence-electron chi connectivity index (χ2n) is 11.1. The molecule has 4 atom stereocenters. The molecule has 1 aliphatic carbocycles. The number of hydrogen-bond acceptors (Lipinski definition) is 6. The molecule has 5 N–H and O–H groups in total. The molecule has 216 valence electrons. The first kappa shape index (κ1) is 30.7. The Balaban J connectivity index is 2.06. The number of anilines is 1. The van der Waals surface area contributed by atoms with E-state index in [-0.39, 0.29) is 30.6 Å². The number of aromatic hydroxyl groups is 1. The number of carbonyl (C=O) groups excluding carboxylic acids is 4. The number of nitrogens with two attached hydrogens (primary N) is 1. The maximum Gasteiger partial charge on any atom is 0.408 e. The number of carbonyl (C=O) groups is 4. The van der Waals surface area contributed by atoms with Crippen LogP contribution in [0.2, 0.25) is 5.02 Å². The average molecular weight is 573 g/mol. The Morgan fingerprint density at radius 3 is 2.38 bits per heavy atom. The topological polar surface area (TPSA) is 151 Å². The van der Waals surface area contributed by atoms with Crippen molar-refractivity contribution in [3.05, 3.63) is 58.6 Å². The molecule has 10 nitrogen and oxygen atoms in total. The molecule has 2 aromatic rings. The van der Waals surface area contributed by atoms with Gasteiger partial charge < -0.3 is 31.1 Å². The third-order valence-electron chi connectivity index (χ3n) is 6.53. The van der Waals surface area contributed by atoms with Crippen molar-refractivity contribution in [3.63, 3.8) is 0 Å². The number of ether oxygens (including phenoxy) is 1. The number of phenolic OH excluding ortho intramolecular Hbond substituents is 1. The summed E-state index contributed by atoms with van der Waals surface area (Å²) in [5, 5.41) is 16.0. The first-order valence-corrected chi connectivity index (χ1v) is 13.5. The molecule has 0 aliphatic heterocycles. The van der Waals surface area contributed by atoms with Gasteiger partial charge in [0.25, 0.3) is 5.91 Å². The van der Waals surface area contributed by atoms with E-state index in [1.165, 1.54) is 17.0 Å². The number of amides is 4. The molecule has 1 aliphatic rings. The van der Waals surface area contributed by atoms with Crippen molar-refractivity contribution in [3.8, 4) is 5.75 Å². The zero-order chi connectivity index (χ0) is 29.8. The summed E-state index contributed by atoms with van der Waals surface area (Å²) in [6, 6.07) is 8.55. The van der Waals surface area contributed by atoms with E-state index < -0.39 is 41.5 Å². The number of benzene rings is 2. The van der Waals surface area contributed by atoms with Crippen molar-refractivity contribution in [1.82, 2.24) is 10.2 Å². The lowest BCUT2D eigenvalue weighted by Crippen LogP contribution is -2.53. The van der Waals surface area contributed by atoms with Crippen molar-refractivity contribution in [2.45, 2.75) is 77.6 Å². The van der Waals surface area contributed by atoms with Crippen molar-refractivity contribution in [2.75, 3.05) is 5.32 Å². The molecule has 0 heterocycles. The third kappa shape index (κ3) is 8.11. The number of rotatable bonds is 10. The molecule has 11 heteroatoms. The van der Waals surface area contributed by atoms with Gasteiger partial charge in [0.15, 0.2) is 0 Å². The van der Waals surface area contributed by atoms with Gasteiger partial charge in [-0.15, -0.1) is 0 Å². The highest BCUT2D eigenvalue weighted by Gasteiger charge is 2.48. The molecule has 4 unspecified atom stereocenters. The Morgan fingerprint density at radius 2 is 1.82 bits per heavy atom. The number of hydrogen-bond donors (Lipinski definition) is 4. The van der Waals surface area contributed by atoms with E-state index in [1.807, 2.05) is 6.92 Å². The van der Waals surface area contributed by atoms with Crippen LogP contribution in [-0.2, 0) is 19.1 Å². The number of alkyl carbamates (subject to hydrolysis) is 1. The van der Waals surface area contributed by atoms with E-state index in [4.69, 9.17) is 22.1 Å². The van der Waals surface area contributed by atoms with Gasteiger partial charge >= 0.3 is 6.09 Å². The first-order chi connectivity index (χ1) is 18.7. The van der Waals surface area contributed by atoms with Gasteiger partial charge in [0.1, 0.15) is 23.4 Å². The average Bonchev–Trinajstić information content (AvgIpc) is 3.56. The van der Waals surface area contributed by atoms with Gasteiger partial charge in [0.2, 0.25) is 11.8 Å². The Kier molecular flexibility index (Phi) is 9.68. The summed E-state index contributed by atoms with van der Waals surface area (Å²) in [4.78, 5) is 53.9. The van der Waals surface area contributed by atoms with Crippen molar-refractivity contribution >= 4 is 41.1 Å².